The van der Waals surface area contributed by atoms with Crippen molar-refractivity contribution in [1.82, 2.24) is 29.5 Å². The molecule has 4 aromatic rings. The number of pyridine rings is 1. The van der Waals surface area contributed by atoms with E-state index in [1.807, 2.05) is 6.92 Å². The van der Waals surface area contributed by atoms with Crippen LogP contribution in [-0.4, -0.2) is 54.6 Å². The molecule has 0 spiro atoms. The average Bonchev–Trinajstić information content (AvgIpc) is 3.29. The topological polar surface area (TPSA) is 112 Å². The molecule has 1 aliphatic rings. The lowest BCUT2D eigenvalue weighted by Gasteiger charge is -2.40. The number of fused-ring (bicyclic) bond motifs is 3. The van der Waals surface area contributed by atoms with E-state index in [1.54, 1.807) is 23.1 Å². The van der Waals surface area contributed by atoms with Crippen LogP contribution in [0.2, 0.25) is 0 Å². The number of hydrogen-bond acceptors (Lipinski definition) is 7. The van der Waals surface area contributed by atoms with Crippen LogP contribution in [0, 0.1) is 0 Å². The van der Waals surface area contributed by atoms with Crippen LogP contribution in [0.5, 0.6) is 0 Å². The number of hydrogen-bond donors (Lipinski definition) is 1. The molecule has 0 radical (unpaired) electrons. The van der Waals surface area contributed by atoms with Gasteiger partial charge in [0.25, 0.3) is 5.91 Å². The minimum Gasteiger partial charge on any atom is -0.377 e. The molecule has 0 aliphatic carbocycles. The van der Waals surface area contributed by atoms with Crippen LogP contribution in [0.1, 0.15) is 34.6 Å². The number of morpholine rings is 1. The molecule has 2 atom stereocenters. The molecular formula is C21H18F3N7O2. The lowest BCUT2D eigenvalue weighted by atomic mass is 10.0. The van der Waals surface area contributed by atoms with Crippen LogP contribution in [0.4, 0.5) is 19.1 Å². The lowest BCUT2D eigenvalue weighted by molar-refractivity contribution is -0.137. The van der Waals surface area contributed by atoms with Crippen LogP contribution < -0.4 is 5.73 Å². The third-order valence-corrected chi connectivity index (χ3v) is 5.65. The maximum absolute atomic E-state index is 13.6. The van der Waals surface area contributed by atoms with Gasteiger partial charge in [-0.2, -0.15) is 13.2 Å². The molecule has 2 N–H and O–H groups in total. The number of halogens is 3. The maximum atomic E-state index is 13.6. The molecule has 1 aromatic carbocycles. The van der Waals surface area contributed by atoms with Gasteiger partial charge in [0.15, 0.2) is 5.65 Å². The van der Waals surface area contributed by atoms with Gasteiger partial charge < -0.3 is 15.4 Å². The number of amides is 1. The largest absolute Gasteiger partial charge is 0.417 e. The molecule has 170 valence electrons. The third-order valence-electron chi connectivity index (χ3n) is 5.65. The van der Waals surface area contributed by atoms with Gasteiger partial charge in [0, 0.05) is 17.1 Å². The molecule has 0 saturated carbocycles. The number of rotatable bonds is 2. The van der Waals surface area contributed by atoms with Gasteiger partial charge in [0.2, 0.25) is 5.95 Å². The molecule has 9 nitrogen and oxygen atoms in total. The van der Waals surface area contributed by atoms with Crippen molar-refractivity contribution in [3.05, 3.63) is 59.7 Å². The van der Waals surface area contributed by atoms with Gasteiger partial charge in [-0.25, -0.2) is 4.98 Å². The van der Waals surface area contributed by atoms with E-state index in [1.165, 1.54) is 16.8 Å². The molecule has 1 saturated heterocycles. The number of carbonyl (C=O) groups is 1. The van der Waals surface area contributed by atoms with Crippen molar-refractivity contribution >= 4 is 28.4 Å². The highest BCUT2D eigenvalue weighted by Gasteiger charge is 2.36. The summed E-state index contributed by atoms with van der Waals surface area (Å²) in [7, 11) is 0. The van der Waals surface area contributed by atoms with Crippen LogP contribution in [0.3, 0.4) is 0 Å². The summed E-state index contributed by atoms with van der Waals surface area (Å²) in [5, 5.41) is 8.52. The first-order valence-corrected chi connectivity index (χ1v) is 10.1. The summed E-state index contributed by atoms with van der Waals surface area (Å²) in [6.45, 7) is 2.23. The van der Waals surface area contributed by atoms with Crippen molar-refractivity contribution in [2.45, 2.75) is 25.2 Å². The highest BCUT2D eigenvalue weighted by Crippen LogP contribution is 2.32. The fourth-order valence-electron chi connectivity index (χ4n) is 4.02. The number of carbonyl (C=O) groups excluding carboxylic acids is 1. The van der Waals surface area contributed by atoms with E-state index in [0.717, 1.165) is 12.3 Å². The smallest absolute Gasteiger partial charge is 0.377 e. The SMILES string of the molecule is CC1COCC(c2ccc(C(F)(F)F)cn2)N1C(=O)c1ccc2nc(N)n3cnnc3c2c1. The Kier molecular flexibility index (Phi) is 4.89. The van der Waals surface area contributed by atoms with Crippen LogP contribution in [-0.2, 0) is 10.9 Å². The van der Waals surface area contributed by atoms with Gasteiger partial charge in [0.1, 0.15) is 6.33 Å². The fraction of sp³-hybridized carbons (Fsp3) is 0.286. The predicted molar refractivity (Wildman–Crippen MR) is 111 cm³/mol. The molecule has 3 aromatic heterocycles. The van der Waals surface area contributed by atoms with Gasteiger partial charge in [-0.1, -0.05) is 0 Å². The molecule has 5 rings (SSSR count). The highest BCUT2D eigenvalue weighted by atomic mass is 19.4. The zero-order valence-electron chi connectivity index (χ0n) is 17.3. The molecular weight excluding hydrogens is 439 g/mol. The van der Waals surface area contributed by atoms with Crippen LogP contribution >= 0.6 is 0 Å². The van der Waals surface area contributed by atoms with Gasteiger partial charge >= 0.3 is 6.18 Å². The van der Waals surface area contributed by atoms with Crippen molar-refractivity contribution in [3.8, 4) is 0 Å². The highest BCUT2D eigenvalue weighted by molar-refractivity contribution is 6.01. The molecule has 4 heterocycles. The van der Waals surface area contributed by atoms with Gasteiger partial charge in [0.05, 0.1) is 42.1 Å². The third kappa shape index (κ3) is 3.61. The van der Waals surface area contributed by atoms with E-state index in [-0.39, 0.29) is 24.5 Å². The Morgan fingerprint density at radius 1 is 1.21 bits per heavy atom. The van der Waals surface area contributed by atoms with E-state index in [9.17, 15) is 18.0 Å². The summed E-state index contributed by atoms with van der Waals surface area (Å²) in [6.07, 6.45) is -2.29. The Labute approximate surface area is 185 Å². The van der Waals surface area contributed by atoms with Crippen molar-refractivity contribution in [2.75, 3.05) is 18.9 Å². The van der Waals surface area contributed by atoms with E-state index < -0.39 is 17.8 Å². The first-order chi connectivity index (χ1) is 15.7. The number of nitrogens with two attached hydrogens (primary N) is 1. The quantitative estimate of drug-likeness (QED) is 0.493. The normalized spacial score (nSPS) is 19.3. The minimum absolute atomic E-state index is 0.120. The van der Waals surface area contributed by atoms with E-state index in [4.69, 9.17) is 10.5 Å². The van der Waals surface area contributed by atoms with Gasteiger partial charge in [-0.05, 0) is 37.3 Å². The summed E-state index contributed by atoms with van der Waals surface area (Å²) in [6, 6.07) is 6.23. The maximum Gasteiger partial charge on any atom is 0.417 e. The Bertz CT molecular complexity index is 1350. The Morgan fingerprint density at radius 3 is 2.76 bits per heavy atom. The summed E-state index contributed by atoms with van der Waals surface area (Å²) in [5.74, 6) is -0.0919. The van der Waals surface area contributed by atoms with E-state index in [0.29, 0.717) is 34.4 Å². The van der Waals surface area contributed by atoms with Crippen molar-refractivity contribution in [2.24, 2.45) is 0 Å². The van der Waals surface area contributed by atoms with Crippen LogP contribution in [0.25, 0.3) is 16.6 Å². The molecule has 12 heteroatoms. The lowest BCUT2D eigenvalue weighted by Crippen LogP contribution is -2.49. The monoisotopic (exact) mass is 457 g/mol. The number of alkyl halides is 3. The molecule has 1 amide bonds. The minimum atomic E-state index is -4.49. The second-order valence-corrected chi connectivity index (χ2v) is 7.81. The van der Waals surface area contributed by atoms with Gasteiger partial charge in [-0.15, -0.1) is 10.2 Å². The summed E-state index contributed by atoms with van der Waals surface area (Å²) in [5.41, 5.74) is 6.77. The standard InChI is InChI=1S/C21H18F3N7O2/c1-11-8-33-9-17(16-5-3-13(7-26-16)21(22,23)24)31(11)19(32)12-2-4-15-14(6-12)18-29-27-10-30(18)20(25)28-15/h2-7,10-11,17H,8-9H2,1H3,(H2,25,28). The number of nitrogen functional groups attached to an aromatic ring is 1. The van der Waals surface area contributed by atoms with Crippen LogP contribution in [0.15, 0.2) is 42.9 Å². The Morgan fingerprint density at radius 2 is 2.03 bits per heavy atom. The van der Waals surface area contributed by atoms with Crippen molar-refractivity contribution in [1.29, 1.82) is 0 Å². The zero-order valence-corrected chi connectivity index (χ0v) is 17.3. The second kappa shape index (κ2) is 7.66. The predicted octanol–water partition coefficient (Wildman–Crippen LogP) is 2.88. The average molecular weight is 457 g/mol. The number of benzene rings is 1. The zero-order chi connectivity index (χ0) is 23.3. The number of aromatic nitrogens is 5. The first kappa shape index (κ1) is 21.1. The molecule has 2 unspecified atom stereocenters. The molecule has 1 fully saturated rings. The number of anilines is 1. The summed E-state index contributed by atoms with van der Waals surface area (Å²) >= 11 is 0. The first-order valence-electron chi connectivity index (χ1n) is 10.1. The molecule has 0 bridgehead atoms. The molecule has 1 aliphatic heterocycles. The van der Waals surface area contributed by atoms with E-state index in [2.05, 4.69) is 20.2 Å². The van der Waals surface area contributed by atoms with E-state index >= 15 is 0 Å². The second-order valence-electron chi connectivity index (χ2n) is 7.81. The molecule has 33 heavy (non-hydrogen) atoms. The summed E-state index contributed by atoms with van der Waals surface area (Å²) in [4.78, 5) is 23.5. The number of nitrogens with zero attached hydrogens (tertiary/aromatic N) is 6. The number of ether oxygens (including phenoxy) is 1. The van der Waals surface area contributed by atoms with Crippen molar-refractivity contribution in [3.63, 3.8) is 0 Å². The summed E-state index contributed by atoms with van der Waals surface area (Å²) < 4.78 is 45.9. The van der Waals surface area contributed by atoms with Crippen molar-refractivity contribution < 1.29 is 22.7 Å². The Balaban J connectivity index is 1.53. The fourth-order valence-corrected chi connectivity index (χ4v) is 4.02. The Hall–Kier alpha value is -3.80. The van der Waals surface area contributed by atoms with Gasteiger partial charge in [-0.3, -0.25) is 14.2 Å².